The third-order valence-electron chi connectivity index (χ3n) is 16.9. The molecule has 0 saturated carbocycles. The minimum Gasteiger partial charge on any atom is -0.462 e. The molecule has 0 amide bonds. The summed E-state index contributed by atoms with van der Waals surface area (Å²) in [6.45, 7) is 6.67. The highest BCUT2D eigenvalue weighted by atomic mass is 16.6. The summed E-state index contributed by atoms with van der Waals surface area (Å²) in [7, 11) is 0. The molecule has 0 aromatic rings. The molecule has 0 aliphatic carbocycles. The van der Waals surface area contributed by atoms with Crippen LogP contribution in [0.4, 0.5) is 0 Å². The summed E-state index contributed by atoms with van der Waals surface area (Å²) in [5.41, 5.74) is 0. The molecule has 6 heteroatoms. The standard InChI is InChI=1S/C76H142O6/c1-4-7-10-13-16-19-22-25-28-30-32-33-34-35-36-37-38-39-40-41-42-43-45-46-48-51-54-57-60-63-66-69-75(78)81-72-73(71-80-74(77)68-65-62-59-56-53-50-27-24-21-18-15-12-9-6-3)82-76(79)70-67-64-61-58-55-52-49-47-44-31-29-26-23-20-17-14-11-8-5-2/h15,18,24,27,30,32,73H,4-14,16-17,19-23,25-26,28-29,31,33-72H2,1-3H3/b18-15-,27-24-,32-30-. The third kappa shape index (κ3) is 68.4. The van der Waals surface area contributed by atoms with Gasteiger partial charge in [-0.2, -0.15) is 0 Å². The summed E-state index contributed by atoms with van der Waals surface area (Å²) in [4.78, 5) is 38.4. The van der Waals surface area contributed by atoms with Gasteiger partial charge in [-0.25, -0.2) is 0 Å². The summed E-state index contributed by atoms with van der Waals surface area (Å²) < 4.78 is 17.0. The van der Waals surface area contributed by atoms with E-state index in [-0.39, 0.29) is 31.1 Å². The van der Waals surface area contributed by atoms with E-state index >= 15 is 0 Å². The van der Waals surface area contributed by atoms with Crippen LogP contribution in [0.15, 0.2) is 36.5 Å². The van der Waals surface area contributed by atoms with E-state index in [4.69, 9.17) is 14.2 Å². The van der Waals surface area contributed by atoms with E-state index < -0.39 is 6.10 Å². The normalized spacial score (nSPS) is 12.2. The van der Waals surface area contributed by atoms with E-state index in [0.717, 1.165) is 77.0 Å². The molecule has 0 spiro atoms. The van der Waals surface area contributed by atoms with E-state index in [2.05, 4.69) is 57.2 Å². The highest BCUT2D eigenvalue weighted by Crippen LogP contribution is 2.19. The molecule has 0 bridgehead atoms. The van der Waals surface area contributed by atoms with Crippen molar-refractivity contribution in [1.29, 1.82) is 0 Å². The average molecular weight is 1150 g/mol. The average Bonchev–Trinajstić information content (AvgIpc) is 3.47. The van der Waals surface area contributed by atoms with Crippen LogP contribution < -0.4 is 0 Å². The van der Waals surface area contributed by atoms with Gasteiger partial charge < -0.3 is 14.2 Å². The van der Waals surface area contributed by atoms with Gasteiger partial charge in [-0.1, -0.05) is 359 Å². The Balaban J connectivity index is 4.16. The zero-order chi connectivity index (χ0) is 59.2. The predicted octanol–water partition coefficient (Wildman–Crippen LogP) is 25.5. The molecule has 482 valence electrons. The van der Waals surface area contributed by atoms with E-state index in [1.54, 1.807) is 0 Å². The first-order valence-electron chi connectivity index (χ1n) is 37.0. The second-order valence-electron chi connectivity index (χ2n) is 25.2. The molecule has 0 heterocycles. The predicted molar refractivity (Wildman–Crippen MR) is 358 cm³/mol. The molecule has 82 heavy (non-hydrogen) atoms. The quantitative estimate of drug-likeness (QED) is 0.0261. The SMILES string of the molecule is CCCC/C=C\C/C=C\CCCCCCCC(=O)OCC(COC(=O)CCCCCCCCCCCCCCCCCCCCC/C=C\CCCCCCCCCC)OC(=O)CCCCCCCCCCCCCCCCCCCCC. The van der Waals surface area contributed by atoms with Crippen molar-refractivity contribution in [3.8, 4) is 0 Å². The van der Waals surface area contributed by atoms with Gasteiger partial charge in [0.25, 0.3) is 0 Å². The van der Waals surface area contributed by atoms with Crippen molar-refractivity contribution in [2.45, 2.75) is 419 Å². The van der Waals surface area contributed by atoms with Crippen molar-refractivity contribution in [3.63, 3.8) is 0 Å². The number of rotatable bonds is 69. The van der Waals surface area contributed by atoms with Crippen molar-refractivity contribution in [1.82, 2.24) is 0 Å². The second-order valence-corrected chi connectivity index (χ2v) is 25.2. The van der Waals surface area contributed by atoms with E-state index in [0.29, 0.717) is 19.3 Å². The lowest BCUT2D eigenvalue weighted by molar-refractivity contribution is -0.167. The molecule has 0 aliphatic heterocycles. The summed E-state index contributed by atoms with van der Waals surface area (Å²) in [6.07, 6.45) is 89.1. The number of esters is 3. The monoisotopic (exact) mass is 1150 g/mol. The fraction of sp³-hybridized carbons (Fsp3) is 0.882. The molecule has 1 atom stereocenters. The molecule has 0 radical (unpaired) electrons. The van der Waals surface area contributed by atoms with Crippen molar-refractivity contribution in [3.05, 3.63) is 36.5 Å². The Morgan fingerprint density at radius 2 is 0.451 bits per heavy atom. The molecule has 0 aromatic heterocycles. The molecule has 6 nitrogen and oxygen atoms in total. The Bertz CT molecular complexity index is 1370. The molecular formula is C76H142O6. The molecule has 0 aliphatic rings. The second kappa shape index (κ2) is 71.1. The largest absolute Gasteiger partial charge is 0.462 e. The lowest BCUT2D eigenvalue weighted by Crippen LogP contribution is -2.30. The molecular weight excluding hydrogens is 1010 g/mol. The van der Waals surface area contributed by atoms with Gasteiger partial charge in [0, 0.05) is 19.3 Å². The van der Waals surface area contributed by atoms with Gasteiger partial charge in [-0.3, -0.25) is 14.4 Å². The minimum absolute atomic E-state index is 0.0707. The van der Waals surface area contributed by atoms with Gasteiger partial charge in [0.05, 0.1) is 0 Å². The summed E-state index contributed by atoms with van der Waals surface area (Å²) in [6, 6.07) is 0. The Kier molecular flexibility index (Phi) is 69.1. The zero-order valence-electron chi connectivity index (χ0n) is 55.5. The van der Waals surface area contributed by atoms with E-state index in [9.17, 15) is 14.4 Å². The Hall–Kier alpha value is -2.37. The van der Waals surface area contributed by atoms with Gasteiger partial charge in [0.15, 0.2) is 6.10 Å². The van der Waals surface area contributed by atoms with E-state index in [1.165, 1.54) is 295 Å². The Labute approximate surface area is 512 Å². The van der Waals surface area contributed by atoms with Gasteiger partial charge in [-0.15, -0.1) is 0 Å². The Morgan fingerprint density at radius 3 is 0.720 bits per heavy atom. The summed E-state index contributed by atoms with van der Waals surface area (Å²) >= 11 is 0. The summed E-state index contributed by atoms with van der Waals surface area (Å²) in [5, 5.41) is 0. The van der Waals surface area contributed by atoms with Crippen LogP contribution in [0.25, 0.3) is 0 Å². The molecule has 0 N–H and O–H groups in total. The number of ether oxygens (including phenoxy) is 3. The van der Waals surface area contributed by atoms with Crippen LogP contribution in [0.2, 0.25) is 0 Å². The molecule has 0 saturated heterocycles. The van der Waals surface area contributed by atoms with Gasteiger partial charge in [-0.05, 0) is 70.6 Å². The first kappa shape index (κ1) is 79.6. The topological polar surface area (TPSA) is 78.9 Å². The van der Waals surface area contributed by atoms with Crippen molar-refractivity contribution >= 4 is 17.9 Å². The maximum absolute atomic E-state index is 13.0. The molecule has 0 fully saturated rings. The van der Waals surface area contributed by atoms with Crippen molar-refractivity contribution in [2.24, 2.45) is 0 Å². The highest BCUT2D eigenvalue weighted by Gasteiger charge is 2.19. The van der Waals surface area contributed by atoms with E-state index in [1.807, 2.05) is 0 Å². The number of unbranched alkanes of at least 4 members (excludes halogenated alkanes) is 52. The van der Waals surface area contributed by atoms with Crippen molar-refractivity contribution < 1.29 is 28.6 Å². The lowest BCUT2D eigenvalue weighted by Gasteiger charge is -2.18. The third-order valence-corrected chi connectivity index (χ3v) is 16.9. The smallest absolute Gasteiger partial charge is 0.306 e. The van der Waals surface area contributed by atoms with Crippen LogP contribution in [0, 0.1) is 0 Å². The van der Waals surface area contributed by atoms with Crippen LogP contribution in [0.3, 0.4) is 0 Å². The number of carbonyl (C=O) groups is 3. The molecule has 0 aromatic carbocycles. The minimum atomic E-state index is -0.776. The van der Waals surface area contributed by atoms with Gasteiger partial charge in [0.1, 0.15) is 13.2 Å². The highest BCUT2D eigenvalue weighted by molar-refractivity contribution is 5.71. The van der Waals surface area contributed by atoms with Crippen LogP contribution in [-0.4, -0.2) is 37.2 Å². The Morgan fingerprint density at radius 1 is 0.244 bits per heavy atom. The fourth-order valence-electron chi connectivity index (χ4n) is 11.3. The zero-order valence-corrected chi connectivity index (χ0v) is 55.5. The number of hydrogen-bond acceptors (Lipinski definition) is 6. The van der Waals surface area contributed by atoms with Crippen LogP contribution in [0.5, 0.6) is 0 Å². The van der Waals surface area contributed by atoms with Crippen LogP contribution >= 0.6 is 0 Å². The first-order chi connectivity index (χ1) is 40.5. The molecule has 1 unspecified atom stereocenters. The number of allylic oxidation sites excluding steroid dienone is 6. The van der Waals surface area contributed by atoms with Crippen LogP contribution in [-0.2, 0) is 28.6 Å². The summed E-state index contributed by atoms with van der Waals surface area (Å²) in [5.74, 6) is -0.854. The maximum Gasteiger partial charge on any atom is 0.306 e. The van der Waals surface area contributed by atoms with Gasteiger partial charge >= 0.3 is 17.9 Å². The number of carbonyl (C=O) groups excluding carboxylic acids is 3. The lowest BCUT2D eigenvalue weighted by atomic mass is 10.0. The van der Waals surface area contributed by atoms with Crippen molar-refractivity contribution in [2.75, 3.05) is 13.2 Å². The molecule has 0 rings (SSSR count). The maximum atomic E-state index is 13.0. The number of hydrogen-bond donors (Lipinski definition) is 0. The fourth-order valence-corrected chi connectivity index (χ4v) is 11.3. The van der Waals surface area contributed by atoms with Crippen LogP contribution in [0.1, 0.15) is 412 Å². The first-order valence-corrected chi connectivity index (χ1v) is 37.0. The van der Waals surface area contributed by atoms with Gasteiger partial charge in [0.2, 0.25) is 0 Å².